The van der Waals surface area contributed by atoms with E-state index in [-0.39, 0.29) is 0 Å². The van der Waals surface area contributed by atoms with Crippen molar-refractivity contribution in [1.82, 2.24) is 0 Å². The van der Waals surface area contributed by atoms with Gasteiger partial charge in [-0.05, 0) is 19.4 Å². The van der Waals surface area contributed by atoms with Gasteiger partial charge in [0, 0.05) is 5.03 Å². The zero-order valence-corrected chi connectivity index (χ0v) is 7.99. The Hall–Kier alpha value is -0.490. The van der Waals surface area contributed by atoms with Crippen molar-refractivity contribution >= 4 is 11.6 Å². The van der Waals surface area contributed by atoms with E-state index in [1.165, 1.54) is 5.57 Å². The average molecular weight is 171 g/mol. The van der Waals surface area contributed by atoms with Gasteiger partial charge in [-0.1, -0.05) is 49.2 Å². The van der Waals surface area contributed by atoms with Gasteiger partial charge in [0.25, 0.3) is 0 Å². The molecule has 0 aromatic heterocycles. The lowest BCUT2D eigenvalue weighted by atomic mass is 10.1. The maximum atomic E-state index is 5.93. The standard InChI is InChI=1S/C10H15Cl/c1-4-6-8-10(11)9(3)7-5-2/h4,6,8H,1,5,7H2,2-3H3/b8-6-,10-9+. The second kappa shape index (κ2) is 6.23. The van der Waals surface area contributed by atoms with Crippen molar-refractivity contribution in [1.29, 1.82) is 0 Å². The number of allylic oxidation sites excluding steroid dienone is 5. The predicted molar refractivity (Wildman–Crippen MR) is 52.8 cm³/mol. The van der Waals surface area contributed by atoms with E-state index in [9.17, 15) is 0 Å². The molecule has 0 nitrogen and oxygen atoms in total. The van der Waals surface area contributed by atoms with Crippen molar-refractivity contribution in [2.24, 2.45) is 0 Å². The minimum atomic E-state index is 0.840. The highest BCUT2D eigenvalue weighted by Gasteiger charge is 1.92. The van der Waals surface area contributed by atoms with Gasteiger partial charge in [-0.25, -0.2) is 0 Å². The van der Waals surface area contributed by atoms with Crippen molar-refractivity contribution < 1.29 is 0 Å². The molecule has 0 rings (SSSR count). The zero-order chi connectivity index (χ0) is 8.69. The van der Waals surface area contributed by atoms with Crippen LogP contribution in [0.3, 0.4) is 0 Å². The molecule has 0 heterocycles. The lowest BCUT2D eigenvalue weighted by Gasteiger charge is -1.98. The first-order valence-corrected chi connectivity index (χ1v) is 4.24. The third-order valence-electron chi connectivity index (χ3n) is 1.41. The minimum absolute atomic E-state index is 0.840. The van der Waals surface area contributed by atoms with Crippen LogP contribution < -0.4 is 0 Å². The van der Waals surface area contributed by atoms with Gasteiger partial charge in [0.05, 0.1) is 0 Å². The highest BCUT2D eigenvalue weighted by atomic mass is 35.5. The lowest BCUT2D eigenvalue weighted by molar-refractivity contribution is 0.903. The fraction of sp³-hybridized carbons (Fsp3) is 0.400. The molecule has 0 fully saturated rings. The molecule has 0 aromatic carbocycles. The van der Waals surface area contributed by atoms with Crippen LogP contribution in [0.1, 0.15) is 26.7 Å². The molecule has 0 N–H and O–H groups in total. The number of hydrogen-bond donors (Lipinski definition) is 0. The largest absolute Gasteiger partial charge is 0.0991 e. The van der Waals surface area contributed by atoms with E-state index < -0.39 is 0 Å². The second-order valence-electron chi connectivity index (χ2n) is 2.47. The normalized spacial score (nSPS) is 13.4. The molecule has 0 aliphatic heterocycles. The van der Waals surface area contributed by atoms with Crippen molar-refractivity contribution in [2.75, 3.05) is 0 Å². The van der Waals surface area contributed by atoms with E-state index >= 15 is 0 Å². The fourth-order valence-electron chi connectivity index (χ4n) is 0.789. The summed E-state index contributed by atoms with van der Waals surface area (Å²) in [6, 6.07) is 0. The lowest BCUT2D eigenvalue weighted by Crippen LogP contribution is -1.77. The van der Waals surface area contributed by atoms with Gasteiger partial charge < -0.3 is 0 Å². The Labute approximate surface area is 74.3 Å². The van der Waals surface area contributed by atoms with Crippen LogP contribution in [0.2, 0.25) is 0 Å². The van der Waals surface area contributed by atoms with Crippen LogP contribution in [-0.2, 0) is 0 Å². The molecule has 0 spiro atoms. The first-order valence-electron chi connectivity index (χ1n) is 3.86. The van der Waals surface area contributed by atoms with Gasteiger partial charge in [-0.15, -0.1) is 0 Å². The molecule has 1 heteroatoms. The van der Waals surface area contributed by atoms with Crippen LogP contribution in [0.5, 0.6) is 0 Å². The average Bonchev–Trinajstić information content (AvgIpc) is 2.00. The Bertz CT molecular complexity index is 175. The molecule has 0 aliphatic carbocycles. The Balaban J connectivity index is 4.14. The van der Waals surface area contributed by atoms with Crippen LogP contribution in [0.15, 0.2) is 35.4 Å². The molecule has 0 unspecified atom stereocenters. The van der Waals surface area contributed by atoms with Crippen molar-refractivity contribution in [2.45, 2.75) is 26.7 Å². The molecule has 0 atom stereocenters. The zero-order valence-electron chi connectivity index (χ0n) is 7.23. The van der Waals surface area contributed by atoms with Crippen LogP contribution in [0, 0.1) is 0 Å². The van der Waals surface area contributed by atoms with E-state index in [0.717, 1.165) is 17.9 Å². The molecule has 62 valence electrons. The summed E-state index contributed by atoms with van der Waals surface area (Å²) in [5.41, 5.74) is 1.24. The Morgan fingerprint density at radius 3 is 2.64 bits per heavy atom. The van der Waals surface area contributed by atoms with Gasteiger partial charge in [-0.3, -0.25) is 0 Å². The molecule has 11 heavy (non-hydrogen) atoms. The van der Waals surface area contributed by atoms with Gasteiger partial charge in [0.2, 0.25) is 0 Å². The number of rotatable bonds is 4. The Kier molecular flexibility index (Phi) is 5.96. The quantitative estimate of drug-likeness (QED) is 0.559. The van der Waals surface area contributed by atoms with Crippen LogP contribution in [-0.4, -0.2) is 0 Å². The molecule has 0 aromatic rings. The number of halogens is 1. The van der Waals surface area contributed by atoms with Crippen molar-refractivity contribution in [3.05, 3.63) is 35.4 Å². The summed E-state index contributed by atoms with van der Waals surface area (Å²) in [5.74, 6) is 0. The van der Waals surface area contributed by atoms with Crippen LogP contribution in [0.25, 0.3) is 0 Å². The summed E-state index contributed by atoms with van der Waals surface area (Å²) in [4.78, 5) is 0. The maximum Gasteiger partial charge on any atom is 0.0395 e. The number of hydrogen-bond acceptors (Lipinski definition) is 0. The molecule has 0 aliphatic rings. The van der Waals surface area contributed by atoms with Crippen LogP contribution in [0.4, 0.5) is 0 Å². The summed E-state index contributed by atoms with van der Waals surface area (Å²) in [5, 5.41) is 0.840. The van der Waals surface area contributed by atoms with E-state index in [0.29, 0.717) is 0 Å². The molecule has 0 bridgehead atoms. The van der Waals surface area contributed by atoms with Gasteiger partial charge in [0.15, 0.2) is 0 Å². The third kappa shape index (κ3) is 4.86. The molecular formula is C10H15Cl. The summed E-state index contributed by atoms with van der Waals surface area (Å²) in [6.45, 7) is 7.77. The minimum Gasteiger partial charge on any atom is -0.0991 e. The smallest absolute Gasteiger partial charge is 0.0395 e. The van der Waals surface area contributed by atoms with E-state index in [4.69, 9.17) is 11.6 Å². The topological polar surface area (TPSA) is 0 Å². The highest BCUT2D eigenvalue weighted by molar-refractivity contribution is 6.31. The first-order chi connectivity index (χ1) is 5.22. The Morgan fingerprint density at radius 2 is 2.18 bits per heavy atom. The van der Waals surface area contributed by atoms with Gasteiger partial charge in [0.1, 0.15) is 0 Å². The molecule has 0 saturated heterocycles. The third-order valence-corrected chi connectivity index (χ3v) is 1.86. The summed E-state index contributed by atoms with van der Waals surface area (Å²) in [6.07, 6.45) is 7.66. The monoisotopic (exact) mass is 170 g/mol. The summed E-state index contributed by atoms with van der Waals surface area (Å²) in [7, 11) is 0. The predicted octanol–water partition coefficient (Wildman–Crippen LogP) is 4.04. The molecule has 0 saturated carbocycles. The Morgan fingerprint density at radius 1 is 1.55 bits per heavy atom. The maximum absolute atomic E-state index is 5.93. The van der Waals surface area contributed by atoms with Gasteiger partial charge >= 0.3 is 0 Å². The molecular weight excluding hydrogens is 156 g/mol. The fourth-order valence-corrected chi connectivity index (χ4v) is 0.956. The SMILES string of the molecule is C=C/C=C\C(Cl)=C(\C)CCC. The first kappa shape index (κ1) is 10.5. The second-order valence-corrected chi connectivity index (χ2v) is 2.88. The van der Waals surface area contributed by atoms with Crippen molar-refractivity contribution in [3.8, 4) is 0 Å². The van der Waals surface area contributed by atoms with Crippen molar-refractivity contribution in [3.63, 3.8) is 0 Å². The van der Waals surface area contributed by atoms with E-state index in [1.807, 2.05) is 12.2 Å². The summed E-state index contributed by atoms with van der Waals surface area (Å²) >= 11 is 5.93. The van der Waals surface area contributed by atoms with E-state index in [1.54, 1.807) is 6.08 Å². The molecule has 0 radical (unpaired) electrons. The summed E-state index contributed by atoms with van der Waals surface area (Å²) < 4.78 is 0. The highest BCUT2D eigenvalue weighted by Crippen LogP contribution is 2.15. The van der Waals surface area contributed by atoms with Gasteiger partial charge in [-0.2, -0.15) is 0 Å². The van der Waals surface area contributed by atoms with E-state index in [2.05, 4.69) is 20.4 Å². The molecule has 0 amide bonds. The van der Waals surface area contributed by atoms with Crippen LogP contribution >= 0.6 is 11.6 Å².